The average Bonchev–Trinajstić information content (AvgIpc) is 3.77. The molecule has 3 aliphatic heterocycles. The van der Waals surface area contributed by atoms with Gasteiger partial charge in [-0.2, -0.15) is 4.58 Å². The monoisotopic (exact) mass is 764 g/mol. The van der Waals surface area contributed by atoms with E-state index in [2.05, 4.69) is 133 Å². The van der Waals surface area contributed by atoms with Crippen LogP contribution in [-0.4, -0.2) is 62.7 Å². The Kier molecular flexibility index (Phi) is 9.53. The smallest absolute Gasteiger partial charge is 0.330 e. The SMILES string of the molecule is Cc1cn(C2CC(NC(=O)C(C)N3C(=CC=CC=CC4=[N+](C)c5ccc6ccccc6c5C4(C)C)C(C)(C)c4c3ccc3ccccc43)C(CO)O2)c(=O)[nH]c1=O. The minimum Gasteiger partial charge on any atom is -0.394 e. The van der Waals surface area contributed by atoms with Gasteiger partial charge in [0.2, 0.25) is 11.6 Å². The summed E-state index contributed by atoms with van der Waals surface area (Å²) in [6.45, 7) is 12.1. The number of fused-ring (bicyclic) bond motifs is 6. The molecule has 10 nitrogen and oxygen atoms in total. The predicted octanol–water partition coefficient (Wildman–Crippen LogP) is 6.80. The van der Waals surface area contributed by atoms with Crippen LogP contribution in [0.2, 0.25) is 0 Å². The average molecular weight is 765 g/mol. The molecule has 57 heavy (non-hydrogen) atoms. The summed E-state index contributed by atoms with van der Waals surface area (Å²) >= 11 is 0. The highest BCUT2D eigenvalue weighted by molar-refractivity contribution is 6.07. The number of aliphatic hydroxyl groups excluding tert-OH is 1. The molecule has 4 atom stereocenters. The lowest BCUT2D eigenvalue weighted by Gasteiger charge is -2.32. The van der Waals surface area contributed by atoms with Crippen LogP contribution in [0.25, 0.3) is 21.5 Å². The number of H-pyrrole nitrogens is 1. The molecule has 1 aromatic heterocycles. The summed E-state index contributed by atoms with van der Waals surface area (Å²) in [7, 11) is 2.13. The van der Waals surface area contributed by atoms with E-state index in [4.69, 9.17) is 4.74 Å². The third-order valence-corrected chi connectivity index (χ3v) is 12.3. The van der Waals surface area contributed by atoms with Crippen molar-refractivity contribution in [3.63, 3.8) is 0 Å². The van der Waals surface area contributed by atoms with Gasteiger partial charge in [0, 0.05) is 52.7 Å². The number of benzene rings is 4. The Balaban J connectivity index is 1.09. The molecule has 5 aromatic rings. The van der Waals surface area contributed by atoms with Gasteiger partial charge in [-0.3, -0.25) is 19.1 Å². The molecule has 8 rings (SSSR count). The summed E-state index contributed by atoms with van der Waals surface area (Å²) in [5.41, 5.74) is 5.47. The molecule has 0 radical (unpaired) electrons. The highest BCUT2D eigenvalue weighted by Gasteiger charge is 2.46. The van der Waals surface area contributed by atoms with Gasteiger partial charge in [0.1, 0.15) is 25.4 Å². The maximum atomic E-state index is 14.3. The van der Waals surface area contributed by atoms with Gasteiger partial charge < -0.3 is 20.1 Å². The number of allylic oxidation sites excluding steroid dienone is 6. The van der Waals surface area contributed by atoms with Crippen molar-refractivity contribution in [1.29, 1.82) is 0 Å². The topological polar surface area (TPSA) is 120 Å². The van der Waals surface area contributed by atoms with Crippen molar-refractivity contribution in [2.24, 2.45) is 0 Å². The van der Waals surface area contributed by atoms with Crippen molar-refractivity contribution >= 4 is 44.5 Å². The van der Waals surface area contributed by atoms with Crippen LogP contribution < -0.4 is 21.5 Å². The molecule has 0 bridgehead atoms. The van der Waals surface area contributed by atoms with E-state index in [1.165, 1.54) is 38.5 Å². The third-order valence-electron chi connectivity index (χ3n) is 12.3. The normalized spacial score (nSPS) is 22.4. The van der Waals surface area contributed by atoms with E-state index in [1.54, 1.807) is 6.92 Å². The number of nitrogens with one attached hydrogen (secondary N) is 2. The molecule has 1 amide bonds. The summed E-state index contributed by atoms with van der Waals surface area (Å²) in [5.74, 6) is -0.241. The van der Waals surface area contributed by atoms with E-state index in [9.17, 15) is 19.5 Å². The number of aromatic nitrogens is 2. The van der Waals surface area contributed by atoms with Crippen LogP contribution in [0.3, 0.4) is 0 Å². The zero-order valence-electron chi connectivity index (χ0n) is 33.5. The molecule has 1 fully saturated rings. The van der Waals surface area contributed by atoms with Crippen molar-refractivity contribution in [3.8, 4) is 0 Å². The number of aliphatic hydroxyl groups is 1. The molecule has 0 spiro atoms. The van der Waals surface area contributed by atoms with Crippen LogP contribution in [0.1, 0.15) is 64.0 Å². The number of aromatic amines is 1. The number of carbonyl (C=O) groups excluding carboxylic acids is 1. The van der Waals surface area contributed by atoms with Crippen LogP contribution >= 0.6 is 0 Å². The summed E-state index contributed by atoms with van der Waals surface area (Å²) < 4.78 is 9.65. The van der Waals surface area contributed by atoms with E-state index >= 15 is 0 Å². The van der Waals surface area contributed by atoms with Crippen LogP contribution in [-0.2, 0) is 20.4 Å². The number of anilines is 1. The number of carbonyl (C=O) groups is 1. The molecular formula is C47H50N5O5+. The van der Waals surface area contributed by atoms with E-state index in [0.717, 1.165) is 27.7 Å². The molecule has 0 saturated carbocycles. The Morgan fingerprint density at radius 2 is 1.61 bits per heavy atom. The maximum Gasteiger partial charge on any atom is 0.330 e. The van der Waals surface area contributed by atoms with Crippen molar-refractivity contribution in [2.45, 2.75) is 83.2 Å². The zero-order valence-corrected chi connectivity index (χ0v) is 33.5. The fraction of sp³-hybridized carbons (Fsp3) is 0.319. The number of aryl methyl sites for hydroxylation is 1. The number of hydrogen-bond donors (Lipinski definition) is 3. The first-order chi connectivity index (χ1) is 27.2. The van der Waals surface area contributed by atoms with Gasteiger partial charge in [0.05, 0.1) is 18.1 Å². The second kappa shape index (κ2) is 14.3. The van der Waals surface area contributed by atoms with Gasteiger partial charge >= 0.3 is 5.69 Å². The largest absolute Gasteiger partial charge is 0.394 e. The molecule has 4 heterocycles. The van der Waals surface area contributed by atoms with E-state index < -0.39 is 41.1 Å². The summed E-state index contributed by atoms with van der Waals surface area (Å²) in [5, 5.41) is 18.2. The highest BCUT2D eigenvalue weighted by atomic mass is 16.5. The van der Waals surface area contributed by atoms with Gasteiger partial charge in [0.25, 0.3) is 5.56 Å². The van der Waals surface area contributed by atoms with E-state index in [0.29, 0.717) is 5.56 Å². The highest BCUT2D eigenvalue weighted by Crippen LogP contribution is 2.52. The summed E-state index contributed by atoms with van der Waals surface area (Å²) in [4.78, 5) is 43.4. The summed E-state index contributed by atoms with van der Waals surface area (Å²) in [6, 6.07) is 24.3. The zero-order chi connectivity index (χ0) is 40.4. The van der Waals surface area contributed by atoms with Crippen molar-refractivity contribution in [3.05, 3.63) is 153 Å². The number of rotatable bonds is 8. The summed E-state index contributed by atoms with van der Waals surface area (Å²) in [6.07, 6.45) is 10.7. The van der Waals surface area contributed by atoms with Crippen LogP contribution in [0.15, 0.2) is 125 Å². The van der Waals surface area contributed by atoms with E-state index in [-0.39, 0.29) is 24.3 Å². The lowest BCUT2D eigenvalue weighted by molar-refractivity contribution is -0.401. The van der Waals surface area contributed by atoms with Crippen molar-refractivity contribution in [2.75, 3.05) is 18.6 Å². The number of ether oxygens (including phenoxy) is 1. The molecule has 0 aliphatic carbocycles. The fourth-order valence-corrected chi connectivity index (χ4v) is 9.38. The Hall–Kier alpha value is -5.84. The second-order valence-corrected chi connectivity index (χ2v) is 16.5. The predicted molar refractivity (Wildman–Crippen MR) is 227 cm³/mol. The number of nitrogens with zero attached hydrogens (tertiary/aromatic N) is 3. The molecule has 10 heteroatoms. The van der Waals surface area contributed by atoms with Crippen LogP contribution in [0, 0.1) is 6.92 Å². The van der Waals surface area contributed by atoms with E-state index in [1.807, 2.05) is 31.2 Å². The Labute approximate surface area is 332 Å². The quantitative estimate of drug-likeness (QED) is 0.118. The molecule has 4 aromatic carbocycles. The molecule has 3 N–H and O–H groups in total. The maximum absolute atomic E-state index is 14.3. The van der Waals surface area contributed by atoms with Gasteiger partial charge in [-0.15, -0.1) is 0 Å². The second-order valence-electron chi connectivity index (χ2n) is 16.5. The first-order valence-corrected chi connectivity index (χ1v) is 19.6. The van der Waals surface area contributed by atoms with Crippen molar-refractivity contribution < 1.29 is 19.2 Å². The van der Waals surface area contributed by atoms with Gasteiger partial charge in [-0.05, 0) is 73.0 Å². The third kappa shape index (κ3) is 6.28. The van der Waals surface area contributed by atoms with Gasteiger partial charge in [-0.25, -0.2) is 4.79 Å². The minimum absolute atomic E-state index is 0.197. The fourth-order valence-electron chi connectivity index (χ4n) is 9.38. The van der Waals surface area contributed by atoms with Crippen LogP contribution in [0.4, 0.5) is 11.4 Å². The van der Waals surface area contributed by atoms with Gasteiger partial charge in [-0.1, -0.05) is 86.7 Å². The number of hydrogen-bond acceptors (Lipinski definition) is 6. The lowest BCUT2D eigenvalue weighted by Crippen LogP contribution is -2.50. The molecule has 1 saturated heterocycles. The molecule has 292 valence electrons. The van der Waals surface area contributed by atoms with Gasteiger partial charge in [0.15, 0.2) is 5.71 Å². The van der Waals surface area contributed by atoms with Crippen LogP contribution in [0.5, 0.6) is 0 Å². The first-order valence-electron chi connectivity index (χ1n) is 19.6. The molecule has 3 aliphatic rings. The van der Waals surface area contributed by atoms with Crippen molar-refractivity contribution in [1.82, 2.24) is 14.9 Å². The Bertz CT molecular complexity index is 2700. The molecule has 4 unspecified atom stereocenters. The molecular weight excluding hydrogens is 715 g/mol. The Morgan fingerprint density at radius 3 is 2.32 bits per heavy atom. The standard InChI is InChI=1S/C47H49N5O5/c1-28-26-51(45(56)49-43(28)54)40-25-34(37(27-53)57-40)48-44(55)29(2)52-36-24-22-31-16-12-14-18-33(31)42(36)47(5,6)39(52)20-10-8-9-19-38-46(3,4)41-32-17-13-11-15-30(32)21-23-35(41)50(38)7/h8-24,26,29,34,37,40,53H,25,27H2,1-7H3,(H-,48,49,54,55,56)/p+1. The first kappa shape index (κ1) is 38.1. The number of amides is 1. The lowest BCUT2D eigenvalue weighted by atomic mass is 9.79. The Morgan fingerprint density at radius 1 is 0.947 bits per heavy atom. The minimum atomic E-state index is -0.765.